The number of nitrogens with zero attached hydrogens (tertiary/aromatic N) is 2. The van der Waals surface area contributed by atoms with E-state index in [-0.39, 0.29) is 6.42 Å². The molecule has 0 fully saturated rings. The standard InChI is InChI=1S/C24H31F2N3O3/c1-7-10-29(20-8-9-22(31-6)27-15-20)16(2)21(28-23(30)32-24(3,4)5)13-17-11-18(25)14-19(26)12-17/h8-9,11-12,14-15,21H,2,7,10,13H2,1,3-6H3,(H,28,30). The van der Waals surface area contributed by atoms with Crippen LogP contribution in [0.2, 0.25) is 0 Å². The Morgan fingerprint density at radius 3 is 2.38 bits per heavy atom. The van der Waals surface area contributed by atoms with Crippen molar-refractivity contribution in [2.24, 2.45) is 0 Å². The van der Waals surface area contributed by atoms with Gasteiger partial charge in [-0.25, -0.2) is 18.6 Å². The molecule has 0 saturated carbocycles. The van der Waals surface area contributed by atoms with Gasteiger partial charge in [0.2, 0.25) is 5.88 Å². The zero-order chi connectivity index (χ0) is 23.9. The van der Waals surface area contributed by atoms with Gasteiger partial charge in [-0.2, -0.15) is 0 Å². The van der Waals surface area contributed by atoms with E-state index in [0.717, 1.165) is 18.2 Å². The van der Waals surface area contributed by atoms with Crippen molar-refractivity contribution in [3.8, 4) is 5.88 Å². The highest BCUT2D eigenvalue weighted by Gasteiger charge is 2.25. The van der Waals surface area contributed by atoms with Gasteiger partial charge in [0.15, 0.2) is 0 Å². The van der Waals surface area contributed by atoms with Gasteiger partial charge in [-0.05, 0) is 57.4 Å². The highest BCUT2D eigenvalue weighted by atomic mass is 19.1. The number of carbonyl (C=O) groups excluding carboxylic acids is 1. The number of benzene rings is 1. The molecule has 0 aliphatic rings. The summed E-state index contributed by atoms with van der Waals surface area (Å²) in [5.41, 5.74) is 0.964. The highest BCUT2D eigenvalue weighted by Crippen LogP contribution is 2.24. The Balaban J connectivity index is 2.36. The number of hydrogen-bond donors (Lipinski definition) is 1. The molecule has 0 aliphatic carbocycles. The van der Waals surface area contributed by atoms with Crippen molar-refractivity contribution in [3.05, 3.63) is 66.0 Å². The quantitative estimate of drug-likeness (QED) is 0.570. The fourth-order valence-electron chi connectivity index (χ4n) is 3.17. The first-order valence-corrected chi connectivity index (χ1v) is 10.4. The van der Waals surface area contributed by atoms with Crippen molar-refractivity contribution in [1.29, 1.82) is 0 Å². The van der Waals surface area contributed by atoms with Crippen molar-refractivity contribution in [2.75, 3.05) is 18.6 Å². The fourth-order valence-corrected chi connectivity index (χ4v) is 3.17. The van der Waals surface area contributed by atoms with Crippen molar-refractivity contribution < 1.29 is 23.0 Å². The molecule has 0 spiro atoms. The highest BCUT2D eigenvalue weighted by molar-refractivity contribution is 5.69. The zero-order valence-electron chi connectivity index (χ0n) is 19.2. The van der Waals surface area contributed by atoms with Crippen LogP contribution in [0.3, 0.4) is 0 Å². The molecule has 1 N–H and O–H groups in total. The van der Waals surface area contributed by atoms with Crippen molar-refractivity contribution in [1.82, 2.24) is 10.3 Å². The van der Waals surface area contributed by atoms with Crippen LogP contribution in [-0.4, -0.2) is 36.4 Å². The summed E-state index contributed by atoms with van der Waals surface area (Å²) in [6.07, 6.45) is 1.91. The first-order valence-electron chi connectivity index (χ1n) is 10.4. The third kappa shape index (κ3) is 7.51. The number of aromatic nitrogens is 1. The molecule has 174 valence electrons. The summed E-state index contributed by atoms with van der Waals surface area (Å²) in [6, 6.07) is 6.15. The van der Waals surface area contributed by atoms with E-state index in [9.17, 15) is 13.6 Å². The second-order valence-corrected chi connectivity index (χ2v) is 8.38. The molecule has 2 aromatic rings. The van der Waals surface area contributed by atoms with Crippen molar-refractivity contribution >= 4 is 11.8 Å². The monoisotopic (exact) mass is 447 g/mol. The van der Waals surface area contributed by atoms with Crippen LogP contribution in [0.25, 0.3) is 0 Å². The minimum absolute atomic E-state index is 0.122. The lowest BCUT2D eigenvalue weighted by Crippen LogP contribution is -2.45. The molecular weight excluding hydrogens is 416 g/mol. The van der Waals surface area contributed by atoms with Crippen LogP contribution in [0.4, 0.5) is 19.3 Å². The Morgan fingerprint density at radius 1 is 1.22 bits per heavy atom. The molecule has 1 amide bonds. The number of pyridine rings is 1. The van der Waals surface area contributed by atoms with Crippen LogP contribution in [0.15, 0.2) is 48.8 Å². The molecule has 1 heterocycles. The molecule has 1 aromatic carbocycles. The maximum atomic E-state index is 13.8. The number of nitrogens with one attached hydrogen (secondary N) is 1. The molecule has 2 rings (SSSR count). The Hall–Kier alpha value is -3.16. The summed E-state index contributed by atoms with van der Waals surface area (Å²) < 4.78 is 38.1. The largest absolute Gasteiger partial charge is 0.481 e. The van der Waals surface area contributed by atoms with E-state index in [1.54, 1.807) is 33.0 Å². The lowest BCUT2D eigenvalue weighted by Gasteiger charge is -2.32. The summed E-state index contributed by atoms with van der Waals surface area (Å²) >= 11 is 0. The van der Waals surface area contributed by atoms with Crippen molar-refractivity contribution in [3.63, 3.8) is 0 Å². The average molecular weight is 448 g/mol. The number of hydrogen-bond acceptors (Lipinski definition) is 5. The molecule has 32 heavy (non-hydrogen) atoms. The van der Waals surface area contributed by atoms with Gasteiger partial charge in [0.25, 0.3) is 0 Å². The Morgan fingerprint density at radius 2 is 1.88 bits per heavy atom. The number of ether oxygens (including phenoxy) is 2. The summed E-state index contributed by atoms with van der Waals surface area (Å²) in [5.74, 6) is -0.910. The van der Waals surface area contributed by atoms with Crippen LogP contribution in [0.1, 0.15) is 39.7 Å². The molecule has 1 aromatic heterocycles. The van der Waals surface area contributed by atoms with Gasteiger partial charge in [0.1, 0.15) is 17.2 Å². The van der Waals surface area contributed by atoms with E-state index in [2.05, 4.69) is 16.9 Å². The van der Waals surface area contributed by atoms with Crippen molar-refractivity contribution in [2.45, 2.75) is 52.2 Å². The first-order chi connectivity index (χ1) is 15.0. The average Bonchev–Trinajstić information content (AvgIpc) is 2.69. The van der Waals surface area contributed by atoms with Gasteiger partial charge >= 0.3 is 6.09 Å². The second-order valence-electron chi connectivity index (χ2n) is 8.38. The van der Waals surface area contributed by atoms with Crippen LogP contribution in [0.5, 0.6) is 5.88 Å². The molecule has 6 nitrogen and oxygen atoms in total. The maximum Gasteiger partial charge on any atom is 0.408 e. The molecule has 0 bridgehead atoms. The topological polar surface area (TPSA) is 63.7 Å². The minimum atomic E-state index is -0.704. The number of methoxy groups -OCH3 is 1. The summed E-state index contributed by atoms with van der Waals surface area (Å²) in [5, 5.41) is 2.80. The number of rotatable bonds is 9. The molecule has 0 saturated heterocycles. The second kappa shape index (κ2) is 10.9. The number of carbonyl (C=O) groups is 1. The van der Waals surface area contributed by atoms with E-state index in [1.165, 1.54) is 19.2 Å². The lowest BCUT2D eigenvalue weighted by molar-refractivity contribution is 0.0511. The number of anilines is 1. The van der Waals surface area contributed by atoms with Gasteiger partial charge in [0.05, 0.1) is 25.0 Å². The molecule has 1 unspecified atom stereocenters. The van der Waals surface area contributed by atoms with E-state index >= 15 is 0 Å². The molecule has 0 aliphatic heterocycles. The SMILES string of the molecule is C=C(C(Cc1cc(F)cc(F)c1)NC(=O)OC(C)(C)C)N(CCC)c1ccc(OC)nc1. The van der Waals surface area contributed by atoms with E-state index < -0.39 is 29.4 Å². The number of halogens is 2. The van der Waals surface area contributed by atoms with E-state index in [0.29, 0.717) is 23.7 Å². The molecule has 8 heteroatoms. The predicted octanol–water partition coefficient (Wildman–Crippen LogP) is 5.23. The van der Waals surface area contributed by atoms with Gasteiger partial charge in [-0.3, -0.25) is 0 Å². The molecule has 0 radical (unpaired) electrons. The Labute approximate surface area is 188 Å². The van der Waals surface area contributed by atoms with Crippen LogP contribution in [0, 0.1) is 11.6 Å². The normalized spacial score (nSPS) is 12.1. The van der Waals surface area contributed by atoms with Crippen LogP contribution in [-0.2, 0) is 11.2 Å². The Bertz CT molecular complexity index is 907. The van der Waals surface area contributed by atoms with Gasteiger partial charge in [-0.1, -0.05) is 13.5 Å². The summed E-state index contributed by atoms with van der Waals surface area (Å²) in [6.45, 7) is 12.1. The van der Waals surface area contributed by atoms with E-state index in [1.807, 2.05) is 17.9 Å². The van der Waals surface area contributed by atoms with Gasteiger partial charge in [-0.15, -0.1) is 0 Å². The maximum absolute atomic E-state index is 13.8. The number of alkyl carbamates (subject to hydrolysis) is 1. The summed E-state index contributed by atoms with van der Waals surface area (Å²) in [7, 11) is 1.53. The lowest BCUT2D eigenvalue weighted by atomic mass is 10.0. The third-order valence-corrected chi connectivity index (χ3v) is 4.49. The molecular formula is C24H31F2N3O3. The minimum Gasteiger partial charge on any atom is -0.481 e. The first kappa shape index (κ1) is 25.1. The predicted molar refractivity (Wildman–Crippen MR) is 121 cm³/mol. The van der Waals surface area contributed by atoms with Crippen LogP contribution < -0.4 is 15.0 Å². The van der Waals surface area contributed by atoms with E-state index in [4.69, 9.17) is 9.47 Å². The van der Waals surface area contributed by atoms with Crippen LogP contribution >= 0.6 is 0 Å². The van der Waals surface area contributed by atoms with Gasteiger partial charge < -0.3 is 19.7 Å². The van der Waals surface area contributed by atoms with Gasteiger partial charge in [0, 0.05) is 24.4 Å². The fraction of sp³-hybridized carbons (Fsp3) is 0.417. The number of amides is 1. The molecule has 1 atom stereocenters. The zero-order valence-corrected chi connectivity index (χ0v) is 19.2. The third-order valence-electron chi connectivity index (χ3n) is 4.49. The summed E-state index contributed by atoms with van der Waals surface area (Å²) in [4.78, 5) is 18.7. The smallest absolute Gasteiger partial charge is 0.408 e. The Kier molecular flexibility index (Phi) is 8.57.